The maximum Gasteiger partial charge on any atom is 0.260 e. The van der Waals surface area contributed by atoms with Gasteiger partial charge in [-0.15, -0.1) is 11.3 Å². The van der Waals surface area contributed by atoms with E-state index in [4.69, 9.17) is 11.6 Å². The Morgan fingerprint density at radius 3 is 2.89 bits per heavy atom. The molecule has 1 aliphatic heterocycles. The van der Waals surface area contributed by atoms with Gasteiger partial charge in [-0.3, -0.25) is 4.40 Å². The summed E-state index contributed by atoms with van der Waals surface area (Å²) in [6.45, 7) is 0. The SMILES string of the molecule is O=S(=O)(NC1CCSCC1)c1c(Cl)nc2sccn12. The van der Waals surface area contributed by atoms with Gasteiger partial charge in [0.05, 0.1) is 0 Å². The van der Waals surface area contributed by atoms with Crippen LogP contribution in [0.2, 0.25) is 5.15 Å². The van der Waals surface area contributed by atoms with Crippen LogP contribution in [-0.2, 0) is 10.0 Å². The van der Waals surface area contributed by atoms with Crippen LogP contribution in [0.25, 0.3) is 4.96 Å². The first-order valence-corrected chi connectivity index (χ1v) is 9.68. The van der Waals surface area contributed by atoms with E-state index in [9.17, 15) is 8.42 Å². The zero-order chi connectivity index (χ0) is 13.5. The molecule has 0 aliphatic carbocycles. The molecule has 3 heterocycles. The number of rotatable bonds is 3. The molecule has 1 fully saturated rings. The van der Waals surface area contributed by atoms with E-state index in [-0.39, 0.29) is 16.2 Å². The van der Waals surface area contributed by atoms with Crippen molar-refractivity contribution in [3.05, 3.63) is 16.7 Å². The van der Waals surface area contributed by atoms with Crippen molar-refractivity contribution in [3.8, 4) is 0 Å². The van der Waals surface area contributed by atoms with Crippen LogP contribution in [-0.4, -0.2) is 35.4 Å². The topological polar surface area (TPSA) is 63.5 Å². The molecule has 19 heavy (non-hydrogen) atoms. The Hall–Kier alpha value is -0.280. The fraction of sp³-hybridized carbons (Fsp3) is 0.500. The Morgan fingerprint density at radius 2 is 2.16 bits per heavy atom. The van der Waals surface area contributed by atoms with Crippen LogP contribution in [0.1, 0.15) is 12.8 Å². The number of hydrogen-bond donors (Lipinski definition) is 1. The van der Waals surface area contributed by atoms with Crippen molar-refractivity contribution in [2.75, 3.05) is 11.5 Å². The smallest absolute Gasteiger partial charge is 0.260 e. The number of halogens is 1. The molecule has 0 amide bonds. The summed E-state index contributed by atoms with van der Waals surface area (Å²) >= 11 is 9.17. The van der Waals surface area contributed by atoms with Crippen LogP contribution >= 0.6 is 34.7 Å². The Labute approximate surface area is 124 Å². The minimum atomic E-state index is -3.63. The third-order valence-electron chi connectivity index (χ3n) is 2.98. The van der Waals surface area contributed by atoms with Crippen LogP contribution in [0.3, 0.4) is 0 Å². The number of thioether (sulfide) groups is 1. The molecule has 0 radical (unpaired) electrons. The lowest BCUT2D eigenvalue weighted by Crippen LogP contribution is -2.37. The summed E-state index contributed by atoms with van der Waals surface area (Å²) in [7, 11) is -3.63. The highest BCUT2D eigenvalue weighted by Crippen LogP contribution is 2.26. The van der Waals surface area contributed by atoms with E-state index in [0.717, 1.165) is 24.3 Å². The zero-order valence-electron chi connectivity index (χ0n) is 9.87. The van der Waals surface area contributed by atoms with Crippen molar-refractivity contribution in [3.63, 3.8) is 0 Å². The minimum absolute atomic E-state index is 0.00787. The Bertz CT molecular complexity index is 688. The molecule has 0 aromatic carbocycles. The molecule has 5 nitrogen and oxygen atoms in total. The lowest BCUT2D eigenvalue weighted by Gasteiger charge is -2.22. The maximum atomic E-state index is 12.4. The molecule has 0 spiro atoms. The predicted octanol–water partition coefficient (Wildman–Crippen LogP) is 2.22. The van der Waals surface area contributed by atoms with Gasteiger partial charge in [0.1, 0.15) is 0 Å². The van der Waals surface area contributed by atoms with E-state index < -0.39 is 10.0 Å². The number of imidazole rings is 1. The number of thiazole rings is 1. The van der Waals surface area contributed by atoms with E-state index in [1.807, 2.05) is 11.8 Å². The maximum absolute atomic E-state index is 12.4. The van der Waals surface area contributed by atoms with Crippen molar-refractivity contribution in [2.45, 2.75) is 23.9 Å². The molecule has 0 bridgehead atoms. The van der Waals surface area contributed by atoms with Gasteiger partial charge in [-0.25, -0.2) is 18.1 Å². The van der Waals surface area contributed by atoms with Gasteiger partial charge in [-0.2, -0.15) is 11.8 Å². The molecular weight excluding hydrogens is 326 g/mol. The van der Waals surface area contributed by atoms with Crippen molar-refractivity contribution in [2.24, 2.45) is 0 Å². The predicted molar refractivity (Wildman–Crippen MR) is 78.7 cm³/mol. The molecule has 9 heteroatoms. The van der Waals surface area contributed by atoms with Gasteiger partial charge in [0.25, 0.3) is 10.0 Å². The molecule has 0 saturated carbocycles. The highest BCUT2D eigenvalue weighted by Gasteiger charge is 2.28. The summed E-state index contributed by atoms with van der Waals surface area (Å²) in [6.07, 6.45) is 3.38. The van der Waals surface area contributed by atoms with E-state index in [2.05, 4.69) is 9.71 Å². The number of aromatic nitrogens is 2. The second-order valence-corrected chi connectivity index (χ2v) is 8.36. The number of fused-ring (bicyclic) bond motifs is 1. The van der Waals surface area contributed by atoms with Gasteiger partial charge in [-0.1, -0.05) is 11.6 Å². The summed E-state index contributed by atoms with van der Waals surface area (Å²) in [4.78, 5) is 4.64. The molecule has 2 aromatic rings. The third-order valence-corrected chi connectivity index (χ3v) is 6.70. The second-order valence-electron chi connectivity index (χ2n) is 4.27. The quantitative estimate of drug-likeness (QED) is 0.932. The number of hydrogen-bond acceptors (Lipinski definition) is 5. The monoisotopic (exact) mass is 337 g/mol. The van der Waals surface area contributed by atoms with Crippen LogP contribution in [0.4, 0.5) is 0 Å². The first kappa shape index (κ1) is 13.7. The second kappa shape index (κ2) is 5.25. The van der Waals surface area contributed by atoms with Crippen molar-refractivity contribution >= 4 is 49.7 Å². The number of nitrogens with zero attached hydrogens (tertiary/aromatic N) is 2. The Kier molecular flexibility index (Phi) is 3.78. The molecule has 3 rings (SSSR count). The van der Waals surface area contributed by atoms with Crippen molar-refractivity contribution < 1.29 is 8.42 Å². The van der Waals surface area contributed by atoms with Gasteiger partial charge < -0.3 is 0 Å². The molecular formula is C10H12ClN3O2S3. The molecule has 0 atom stereocenters. The van der Waals surface area contributed by atoms with Gasteiger partial charge in [0.15, 0.2) is 15.1 Å². The van der Waals surface area contributed by atoms with Crippen LogP contribution in [0, 0.1) is 0 Å². The Morgan fingerprint density at radius 1 is 1.42 bits per heavy atom. The van der Waals surface area contributed by atoms with Gasteiger partial charge in [0, 0.05) is 17.6 Å². The summed E-state index contributed by atoms with van der Waals surface area (Å²) < 4.78 is 29.1. The van der Waals surface area contributed by atoms with E-state index >= 15 is 0 Å². The van der Waals surface area contributed by atoms with Crippen LogP contribution in [0.15, 0.2) is 16.6 Å². The van der Waals surface area contributed by atoms with Crippen LogP contribution < -0.4 is 4.72 Å². The number of nitrogens with one attached hydrogen (secondary N) is 1. The fourth-order valence-electron chi connectivity index (χ4n) is 2.07. The average molecular weight is 338 g/mol. The summed E-state index contributed by atoms with van der Waals surface area (Å²) in [5.74, 6) is 1.97. The largest absolute Gasteiger partial charge is 0.279 e. The number of sulfonamides is 1. The summed E-state index contributed by atoms with van der Waals surface area (Å²) in [6, 6.07) is -0.00787. The molecule has 0 unspecified atom stereocenters. The summed E-state index contributed by atoms with van der Waals surface area (Å²) in [5, 5.41) is 1.86. The third kappa shape index (κ3) is 2.64. The van der Waals surface area contributed by atoms with E-state index in [1.165, 1.54) is 15.7 Å². The highest BCUT2D eigenvalue weighted by atomic mass is 35.5. The molecule has 104 valence electrons. The molecule has 1 aliphatic rings. The van der Waals surface area contributed by atoms with E-state index in [0.29, 0.717) is 4.96 Å². The lowest BCUT2D eigenvalue weighted by atomic mass is 10.2. The van der Waals surface area contributed by atoms with Gasteiger partial charge >= 0.3 is 0 Å². The summed E-state index contributed by atoms with van der Waals surface area (Å²) in [5.41, 5.74) is 0. The first-order valence-electron chi connectivity index (χ1n) is 5.79. The fourth-order valence-corrected chi connectivity index (χ4v) is 5.93. The minimum Gasteiger partial charge on any atom is -0.279 e. The first-order chi connectivity index (χ1) is 9.08. The zero-order valence-corrected chi connectivity index (χ0v) is 13.1. The van der Waals surface area contributed by atoms with Crippen molar-refractivity contribution in [1.29, 1.82) is 0 Å². The standard InChI is InChI=1S/C10H12ClN3O2S3/c11-8-9(14-3-6-18-10(14)12-8)19(15,16)13-7-1-4-17-5-2-7/h3,6-7,13H,1-2,4-5H2. The van der Waals surface area contributed by atoms with Crippen LogP contribution in [0.5, 0.6) is 0 Å². The van der Waals surface area contributed by atoms with Gasteiger partial charge in [-0.05, 0) is 24.3 Å². The lowest BCUT2D eigenvalue weighted by molar-refractivity contribution is 0.526. The average Bonchev–Trinajstić information content (AvgIpc) is 2.88. The molecule has 1 saturated heterocycles. The Balaban J connectivity index is 1.94. The molecule has 2 aromatic heterocycles. The normalized spacial score (nSPS) is 18.2. The van der Waals surface area contributed by atoms with E-state index in [1.54, 1.807) is 11.6 Å². The molecule has 1 N–H and O–H groups in total. The highest BCUT2D eigenvalue weighted by molar-refractivity contribution is 7.99. The van der Waals surface area contributed by atoms with Gasteiger partial charge in [0.2, 0.25) is 0 Å². The van der Waals surface area contributed by atoms with Crippen molar-refractivity contribution in [1.82, 2.24) is 14.1 Å².